The Morgan fingerprint density at radius 3 is 2.61 bits per heavy atom. The Hall–Kier alpha value is -3.12. The quantitative estimate of drug-likeness (QED) is 0.375. The number of morpholine rings is 1. The average Bonchev–Trinajstić information content (AvgIpc) is 2.88. The van der Waals surface area contributed by atoms with Crippen LogP contribution in [0.4, 0.5) is 28.8 Å². The van der Waals surface area contributed by atoms with Crippen molar-refractivity contribution in [3.63, 3.8) is 0 Å². The Labute approximate surface area is 216 Å². The van der Waals surface area contributed by atoms with E-state index < -0.39 is 10.0 Å². The van der Waals surface area contributed by atoms with E-state index in [1.807, 2.05) is 26.0 Å². The topological polar surface area (TPSA) is 118 Å². The monoisotopic (exact) mass is 532 g/mol. The number of sulfonamides is 1. The zero-order valence-electron chi connectivity index (χ0n) is 20.3. The van der Waals surface area contributed by atoms with Crippen molar-refractivity contribution in [1.82, 2.24) is 14.7 Å². The molecule has 0 unspecified atom stereocenters. The Kier molecular flexibility index (Phi) is 8.14. The standard InChI is InChI=1S/C24H29ClN6O4S/c1-4-35-21-14-20(31-9-11-34-12-10-31)16(2)13-19(21)29-24-27-15-17(25)23(30-24)28-18-7-5-6-8-22(18)36(32,33)26-3/h5-8,13-15,26H,4,9-12H2,1-3H3,(H2,27,28,29,30). The minimum atomic E-state index is -3.69. The van der Waals surface area contributed by atoms with Crippen molar-refractivity contribution in [2.75, 3.05) is 55.5 Å². The van der Waals surface area contributed by atoms with E-state index >= 15 is 0 Å². The molecule has 36 heavy (non-hydrogen) atoms. The molecule has 1 fully saturated rings. The number of hydrogen-bond acceptors (Lipinski definition) is 9. The summed E-state index contributed by atoms with van der Waals surface area (Å²) in [6.07, 6.45) is 1.45. The van der Waals surface area contributed by atoms with Gasteiger partial charge in [-0.1, -0.05) is 23.7 Å². The summed E-state index contributed by atoms with van der Waals surface area (Å²) in [7, 11) is -2.34. The fraction of sp³-hybridized carbons (Fsp3) is 0.333. The molecule has 10 nitrogen and oxygen atoms in total. The first-order chi connectivity index (χ1) is 17.3. The van der Waals surface area contributed by atoms with E-state index in [0.717, 1.165) is 24.3 Å². The third kappa shape index (κ3) is 5.81. The van der Waals surface area contributed by atoms with Crippen molar-refractivity contribution in [2.24, 2.45) is 0 Å². The van der Waals surface area contributed by atoms with Gasteiger partial charge in [-0.2, -0.15) is 4.98 Å². The molecule has 0 radical (unpaired) electrons. The number of halogens is 1. The zero-order valence-corrected chi connectivity index (χ0v) is 21.9. The van der Waals surface area contributed by atoms with Crippen LogP contribution in [-0.2, 0) is 14.8 Å². The maximum absolute atomic E-state index is 12.4. The Bertz CT molecular complexity index is 1330. The molecule has 4 rings (SSSR count). The molecule has 0 saturated carbocycles. The van der Waals surface area contributed by atoms with E-state index in [9.17, 15) is 8.42 Å². The number of benzene rings is 2. The van der Waals surface area contributed by atoms with E-state index in [0.29, 0.717) is 36.9 Å². The molecule has 0 bridgehead atoms. The molecule has 1 saturated heterocycles. The minimum absolute atomic E-state index is 0.0737. The van der Waals surface area contributed by atoms with Crippen LogP contribution in [0, 0.1) is 6.92 Å². The molecule has 2 heterocycles. The lowest BCUT2D eigenvalue weighted by atomic mass is 10.1. The van der Waals surface area contributed by atoms with E-state index in [4.69, 9.17) is 21.1 Å². The second-order valence-electron chi connectivity index (χ2n) is 8.01. The van der Waals surface area contributed by atoms with Gasteiger partial charge in [0, 0.05) is 24.8 Å². The molecule has 3 aromatic rings. The van der Waals surface area contributed by atoms with Crippen LogP contribution >= 0.6 is 11.6 Å². The molecule has 0 amide bonds. The highest BCUT2D eigenvalue weighted by molar-refractivity contribution is 7.89. The first-order valence-electron chi connectivity index (χ1n) is 11.5. The number of hydrogen-bond donors (Lipinski definition) is 3. The largest absolute Gasteiger partial charge is 0.492 e. The highest BCUT2D eigenvalue weighted by Crippen LogP contribution is 2.36. The van der Waals surface area contributed by atoms with Gasteiger partial charge in [0.15, 0.2) is 5.82 Å². The van der Waals surface area contributed by atoms with Crippen LogP contribution in [0.2, 0.25) is 5.02 Å². The van der Waals surface area contributed by atoms with E-state index in [2.05, 4.69) is 30.2 Å². The van der Waals surface area contributed by atoms with Gasteiger partial charge in [0.25, 0.3) is 0 Å². The number of ether oxygens (including phenoxy) is 2. The normalized spacial score (nSPS) is 13.9. The van der Waals surface area contributed by atoms with Gasteiger partial charge in [-0.25, -0.2) is 18.1 Å². The van der Waals surface area contributed by atoms with Crippen molar-refractivity contribution in [3.8, 4) is 5.75 Å². The highest BCUT2D eigenvalue weighted by atomic mass is 35.5. The van der Waals surface area contributed by atoms with Crippen molar-refractivity contribution in [3.05, 3.63) is 53.2 Å². The molecule has 0 atom stereocenters. The number of nitrogens with zero attached hydrogens (tertiary/aromatic N) is 3. The van der Waals surface area contributed by atoms with E-state index in [1.54, 1.807) is 18.2 Å². The van der Waals surface area contributed by atoms with Crippen LogP contribution in [-0.4, -0.2) is 58.3 Å². The smallest absolute Gasteiger partial charge is 0.242 e. The molecule has 3 N–H and O–H groups in total. The molecule has 1 aromatic heterocycles. The van der Waals surface area contributed by atoms with Gasteiger partial charge in [-0.05, 0) is 44.7 Å². The van der Waals surface area contributed by atoms with Crippen molar-refractivity contribution < 1.29 is 17.9 Å². The summed E-state index contributed by atoms with van der Waals surface area (Å²) in [6.45, 7) is 7.48. The summed E-state index contributed by atoms with van der Waals surface area (Å²) in [5.41, 5.74) is 3.20. The molecule has 12 heteroatoms. The van der Waals surface area contributed by atoms with E-state index in [1.165, 1.54) is 19.3 Å². The second-order valence-corrected chi connectivity index (χ2v) is 10.3. The predicted molar refractivity (Wildman–Crippen MR) is 142 cm³/mol. The summed E-state index contributed by atoms with van der Waals surface area (Å²) in [5, 5.41) is 6.47. The lowest BCUT2D eigenvalue weighted by Gasteiger charge is -2.31. The second kappa shape index (κ2) is 11.3. The Morgan fingerprint density at radius 2 is 1.89 bits per heavy atom. The molecule has 192 valence electrons. The lowest BCUT2D eigenvalue weighted by Crippen LogP contribution is -2.36. The van der Waals surface area contributed by atoms with Gasteiger partial charge in [0.05, 0.1) is 37.4 Å². The number of para-hydroxylation sites is 1. The maximum Gasteiger partial charge on any atom is 0.242 e. The van der Waals surface area contributed by atoms with Crippen LogP contribution in [0.25, 0.3) is 0 Å². The van der Waals surface area contributed by atoms with Crippen molar-refractivity contribution in [1.29, 1.82) is 0 Å². The number of nitrogens with one attached hydrogen (secondary N) is 3. The summed E-state index contributed by atoms with van der Waals surface area (Å²) in [5.74, 6) is 1.20. The molecule has 2 aromatic carbocycles. The van der Waals surface area contributed by atoms with Crippen molar-refractivity contribution in [2.45, 2.75) is 18.7 Å². The number of rotatable bonds is 9. The highest BCUT2D eigenvalue weighted by Gasteiger charge is 2.19. The molecule has 0 spiro atoms. The Balaban J connectivity index is 1.64. The van der Waals surface area contributed by atoms with Crippen molar-refractivity contribution >= 4 is 50.5 Å². The van der Waals surface area contributed by atoms with Gasteiger partial charge in [-0.3, -0.25) is 0 Å². The SMILES string of the molecule is CCOc1cc(N2CCOCC2)c(C)cc1Nc1ncc(Cl)c(Nc2ccccc2S(=O)(=O)NC)n1. The molecule has 0 aliphatic carbocycles. The van der Waals surface area contributed by atoms with Crippen LogP contribution in [0.15, 0.2) is 47.5 Å². The van der Waals surface area contributed by atoms with Gasteiger partial charge < -0.3 is 25.0 Å². The predicted octanol–water partition coefficient (Wildman–Crippen LogP) is 4.07. The number of aromatic nitrogens is 2. The van der Waals surface area contributed by atoms with Crippen LogP contribution in [0.1, 0.15) is 12.5 Å². The van der Waals surface area contributed by atoms with E-state index in [-0.39, 0.29) is 21.7 Å². The molecule has 1 aliphatic heterocycles. The van der Waals surface area contributed by atoms with Crippen LogP contribution in [0.3, 0.4) is 0 Å². The first kappa shape index (κ1) is 26.0. The maximum atomic E-state index is 12.4. The summed E-state index contributed by atoms with van der Waals surface area (Å²) in [6, 6.07) is 10.5. The zero-order chi connectivity index (χ0) is 25.7. The fourth-order valence-electron chi connectivity index (χ4n) is 3.87. The lowest BCUT2D eigenvalue weighted by molar-refractivity contribution is 0.122. The van der Waals surface area contributed by atoms with Gasteiger partial charge in [0.1, 0.15) is 15.7 Å². The van der Waals surface area contributed by atoms with Gasteiger partial charge in [-0.15, -0.1) is 0 Å². The molecular weight excluding hydrogens is 504 g/mol. The minimum Gasteiger partial charge on any atom is -0.492 e. The summed E-state index contributed by atoms with van der Waals surface area (Å²) >= 11 is 6.34. The van der Waals surface area contributed by atoms with Crippen LogP contribution < -0.4 is 25.0 Å². The summed E-state index contributed by atoms with van der Waals surface area (Å²) < 4.78 is 38.6. The first-order valence-corrected chi connectivity index (χ1v) is 13.4. The average molecular weight is 533 g/mol. The van der Waals surface area contributed by atoms with Gasteiger partial charge >= 0.3 is 0 Å². The number of aryl methyl sites for hydroxylation is 1. The molecular formula is C24H29ClN6O4S. The van der Waals surface area contributed by atoms with Crippen LogP contribution in [0.5, 0.6) is 5.75 Å². The summed E-state index contributed by atoms with van der Waals surface area (Å²) in [4.78, 5) is 11.1. The third-order valence-electron chi connectivity index (χ3n) is 5.64. The fourth-order valence-corrected chi connectivity index (χ4v) is 4.90. The number of anilines is 5. The third-order valence-corrected chi connectivity index (χ3v) is 7.39. The van der Waals surface area contributed by atoms with Gasteiger partial charge in [0.2, 0.25) is 16.0 Å². The Morgan fingerprint density at radius 1 is 1.14 bits per heavy atom. The molecule has 1 aliphatic rings.